The minimum atomic E-state index is -4.49. The van der Waals surface area contributed by atoms with Crippen molar-refractivity contribution in [2.75, 3.05) is 39.5 Å². The van der Waals surface area contributed by atoms with Gasteiger partial charge in [-0.2, -0.15) is 13.2 Å². The highest BCUT2D eigenvalue weighted by molar-refractivity contribution is 6.35. The number of halogens is 4. The van der Waals surface area contributed by atoms with Gasteiger partial charge in [-0.15, -0.1) is 0 Å². The average Bonchev–Trinajstić information content (AvgIpc) is 2.75. The largest absolute Gasteiger partial charge is 0.492 e. The van der Waals surface area contributed by atoms with Gasteiger partial charge in [0.2, 0.25) is 11.8 Å². The normalized spacial score (nSPS) is 15.2. The minimum absolute atomic E-state index is 0.0854. The molecule has 10 heteroatoms. The Hall–Kier alpha value is -2.62. The molecule has 164 valence electrons. The van der Waals surface area contributed by atoms with E-state index in [0.29, 0.717) is 22.9 Å². The highest BCUT2D eigenvalue weighted by Gasteiger charge is 2.31. The molecular weight excluding hydrogens is 435 g/mol. The summed E-state index contributed by atoms with van der Waals surface area (Å²) < 4.78 is 55.2. The van der Waals surface area contributed by atoms with Gasteiger partial charge >= 0.3 is 6.18 Å². The Labute approximate surface area is 181 Å². The summed E-state index contributed by atoms with van der Waals surface area (Å²) in [7, 11) is 0. The van der Waals surface area contributed by atoms with Crippen LogP contribution in [-0.4, -0.2) is 54.3 Å². The Morgan fingerprint density at radius 1 is 1.06 bits per heavy atom. The number of fused-ring (bicyclic) bond motifs is 1. The lowest BCUT2D eigenvalue weighted by Crippen LogP contribution is -2.38. The van der Waals surface area contributed by atoms with E-state index in [1.165, 1.54) is 6.07 Å². The Bertz CT molecular complexity index is 1060. The maximum Gasteiger partial charge on any atom is 0.416 e. The molecule has 2 aromatic heterocycles. The van der Waals surface area contributed by atoms with Gasteiger partial charge in [0.1, 0.15) is 12.4 Å². The molecule has 0 bridgehead atoms. The van der Waals surface area contributed by atoms with Crippen LogP contribution in [-0.2, 0) is 10.9 Å². The highest BCUT2D eigenvalue weighted by Crippen LogP contribution is 2.33. The summed E-state index contributed by atoms with van der Waals surface area (Å²) in [6, 6.07) is 8.41. The van der Waals surface area contributed by atoms with Gasteiger partial charge in [0, 0.05) is 49.4 Å². The third-order valence-electron chi connectivity index (χ3n) is 4.75. The van der Waals surface area contributed by atoms with Crippen molar-refractivity contribution in [2.24, 2.45) is 0 Å². The van der Waals surface area contributed by atoms with Crippen LogP contribution in [0.1, 0.15) is 5.56 Å². The topological polar surface area (TPSA) is 56.7 Å². The van der Waals surface area contributed by atoms with Crippen molar-refractivity contribution in [3.05, 3.63) is 53.2 Å². The monoisotopic (exact) mass is 453 g/mol. The van der Waals surface area contributed by atoms with Crippen molar-refractivity contribution in [3.8, 4) is 17.5 Å². The van der Waals surface area contributed by atoms with Crippen LogP contribution in [0.2, 0.25) is 5.02 Å². The third-order valence-corrected chi connectivity index (χ3v) is 5.03. The Morgan fingerprint density at radius 2 is 1.87 bits per heavy atom. The van der Waals surface area contributed by atoms with Crippen LogP contribution in [0, 0.1) is 0 Å². The highest BCUT2D eigenvalue weighted by atomic mass is 35.5. The predicted octanol–water partition coefficient (Wildman–Crippen LogP) is 4.81. The van der Waals surface area contributed by atoms with Gasteiger partial charge in [-0.25, -0.2) is 9.97 Å². The molecule has 0 amide bonds. The van der Waals surface area contributed by atoms with Crippen LogP contribution in [0.25, 0.3) is 10.9 Å². The molecule has 6 nitrogen and oxygen atoms in total. The van der Waals surface area contributed by atoms with Crippen molar-refractivity contribution < 1.29 is 27.4 Å². The first-order chi connectivity index (χ1) is 14.9. The van der Waals surface area contributed by atoms with Crippen LogP contribution < -0.4 is 9.47 Å². The molecule has 0 saturated carbocycles. The van der Waals surface area contributed by atoms with E-state index in [2.05, 4.69) is 14.9 Å². The van der Waals surface area contributed by atoms with Crippen LogP contribution in [0.5, 0.6) is 17.5 Å². The van der Waals surface area contributed by atoms with Gasteiger partial charge in [-0.3, -0.25) is 4.90 Å². The summed E-state index contributed by atoms with van der Waals surface area (Å²) in [5.41, 5.74) is -0.401. The number of aromatic nitrogens is 2. The number of benzene rings is 1. The molecule has 1 aromatic carbocycles. The summed E-state index contributed by atoms with van der Waals surface area (Å²) >= 11 is 6.36. The molecule has 3 heterocycles. The lowest BCUT2D eigenvalue weighted by molar-refractivity contribution is -0.137. The van der Waals surface area contributed by atoms with Crippen LogP contribution in [0.4, 0.5) is 13.2 Å². The molecule has 31 heavy (non-hydrogen) atoms. The number of rotatable bonds is 6. The number of ether oxygens (including phenoxy) is 3. The molecule has 1 fully saturated rings. The second-order valence-corrected chi connectivity index (χ2v) is 7.32. The van der Waals surface area contributed by atoms with Gasteiger partial charge < -0.3 is 14.2 Å². The van der Waals surface area contributed by atoms with E-state index in [-0.39, 0.29) is 11.8 Å². The van der Waals surface area contributed by atoms with E-state index < -0.39 is 11.7 Å². The summed E-state index contributed by atoms with van der Waals surface area (Å²) in [6.07, 6.45) is -3.45. The fourth-order valence-corrected chi connectivity index (χ4v) is 3.41. The molecule has 0 N–H and O–H groups in total. The zero-order chi connectivity index (χ0) is 21.8. The van der Waals surface area contributed by atoms with Crippen molar-refractivity contribution in [3.63, 3.8) is 0 Å². The lowest BCUT2D eigenvalue weighted by atomic mass is 10.2. The van der Waals surface area contributed by atoms with Crippen LogP contribution in [0.3, 0.4) is 0 Å². The summed E-state index contributed by atoms with van der Waals surface area (Å²) in [4.78, 5) is 10.4. The first-order valence-electron chi connectivity index (χ1n) is 9.63. The van der Waals surface area contributed by atoms with Gasteiger partial charge in [0.25, 0.3) is 0 Å². The molecule has 0 spiro atoms. The molecule has 4 rings (SSSR count). The maximum atomic E-state index is 12.9. The molecule has 0 atom stereocenters. The third kappa shape index (κ3) is 5.55. The van der Waals surface area contributed by atoms with E-state index in [1.54, 1.807) is 18.2 Å². The second kappa shape index (κ2) is 9.25. The number of hydrogen-bond acceptors (Lipinski definition) is 6. The molecule has 3 aromatic rings. The van der Waals surface area contributed by atoms with Crippen molar-refractivity contribution in [1.29, 1.82) is 0 Å². The first-order valence-corrected chi connectivity index (χ1v) is 10.0. The van der Waals surface area contributed by atoms with E-state index in [4.69, 9.17) is 25.8 Å². The van der Waals surface area contributed by atoms with E-state index in [0.717, 1.165) is 56.6 Å². The van der Waals surface area contributed by atoms with E-state index in [9.17, 15) is 13.2 Å². The molecule has 0 radical (unpaired) electrons. The Morgan fingerprint density at radius 3 is 2.65 bits per heavy atom. The Kier molecular flexibility index (Phi) is 6.45. The fraction of sp³-hybridized carbons (Fsp3) is 0.333. The van der Waals surface area contributed by atoms with Crippen molar-refractivity contribution in [2.45, 2.75) is 6.18 Å². The van der Waals surface area contributed by atoms with E-state index in [1.807, 2.05) is 0 Å². The van der Waals surface area contributed by atoms with Crippen LogP contribution in [0.15, 0.2) is 42.6 Å². The summed E-state index contributed by atoms with van der Waals surface area (Å²) in [5, 5.41) is 1.07. The number of hydrogen-bond donors (Lipinski definition) is 0. The SMILES string of the molecule is FC(F)(F)c1ccnc(Oc2ccc3cc(OCCN4CCOCC4)cc(Cl)c3n2)c1. The number of nitrogens with zero attached hydrogens (tertiary/aromatic N) is 3. The van der Waals surface area contributed by atoms with E-state index >= 15 is 0 Å². The maximum absolute atomic E-state index is 12.9. The molecule has 1 aliphatic heterocycles. The molecule has 0 unspecified atom stereocenters. The lowest BCUT2D eigenvalue weighted by Gasteiger charge is -2.26. The number of morpholine rings is 1. The summed E-state index contributed by atoms with van der Waals surface area (Å²) in [5.74, 6) is 0.490. The zero-order valence-electron chi connectivity index (χ0n) is 16.4. The molecular formula is C21H19ClF3N3O3. The van der Waals surface area contributed by atoms with Crippen molar-refractivity contribution >= 4 is 22.5 Å². The molecule has 1 saturated heterocycles. The quantitative estimate of drug-likeness (QED) is 0.534. The second-order valence-electron chi connectivity index (χ2n) is 6.91. The smallest absolute Gasteiger partial charge is 0.416 e. The average molecular weight is 454 g/mol. The predicted molar refractivity (Wildman–Crippen MR) is 109 cm³/mol. The van der Waals surface area contributed by atoms with Gasteiger partial charge in [-0.1, -0.05) is 11.6 Å². The first kappa shape index (κ1) is 21.6. The number of pyridine rings is 2. The zero-order valence-corrected chi connectivity index (χ0v) is 17.1. The number of alkyl halides is 3. The van der Waals surface area contributed by atoms with Gasteiger partial charge in [-0.05, 0) is 18.2 Å². The Balaban J connectivity index is 1.45. The van der Waals surface area contributed by atoms with Crippen LogP contribution >= 0.6 is 11.6 Å². The summed E-state index contributed by atoms with van der Waals surface area (Å²) in [6.45, 7) is 4.53. The van der Waals surface area contributed by atoms with Crippen molar-refractivity contribution in [1.82, 2.24) is 14.9 Å². The minimum Gasteiger partial charge on any atom is -0.492 e. The standard InChI is InChI=1S/C21H19ClF3N3O3/c22-17-13-16(30-10-7-28-5-8-29-9-6-28)11-14-1-2-18(27-20(14)17)31-19-12-15(3-4-26-19)21(23,24)25/h1-4,11-13H,5-10H2. The fourth-order valence-electron chi connectivity index (χ4n) is 3.15. The molecule has 1 aliphatic rings. The van der Waals surface area contributed by atoms with Gasteiger partial charge in [0.05, 0.1) is 29.3 Å². The molecule has 0 aliphatic carbocycles. The van der Waals surface area contributed by atoms with Gasteiger partial charge in [0.15, 0.2) is 0 Å².